The predicted octanol–water partition coefficient (Wildman–Crippen LogP) is 3.76. The van der Waals surface area contributed by atoms with E-state index < -0.39 is 23.7 Å². The molecule has 0 spiro atoms. The lowest BCUT2D eigenvalue weighted by atomic mass is 10.1. The molecule has 0 radical (unpaired) electrons. The van der Waals surface area contributed by atoms with Gasteiger partial charge in [0.1, 0.15) is 11.9 Å². The van der Waals surface area contributed by atoms with Crippen LogP contribution in [0.15, 0.2) is 46.9 Å². The second-order valence-corrected chi connectivity index (χ2v) is 6.29. The fraction of sp³-hybridized carbons (Fsp3) is 0.176. The fourth-order valence-corrected chi connectivity index (χ4v) is 2.73. The Morgan fingerprint density at radius 2 is 2.04 bits per heavy atom. The zero-order valence-corrected chi connectivity index (χ0v) is 15.0. The second kappa shape index (κ2) is 8.26. The highest BCUT2D eigenvalue weighted by molar-refractivity contribution is 9.10. The van der Waals surface area contributed by atoms with Gasteiger partial charge >= 0.3 is 5.97 Å². The van der Waals surface area contributed by atoms with Gasteiger partial charge in [-0.15, -0.1) is 0 Å². The van der Waals surface area contributed by atoms with Crippen molar-refractivity contribution in [3.05, 3.63) is 68.9 Å². The van der Waals surface area contributed by atoms with E-state index in [9.17, 15) is 14.0 Å². The number of carbonyl (C=O) groups is 2. The minimum atomic E-state index is -0.930. The highest BCUT2D eigenvalue weighted by Gasteiger charge is 2.23. The van der Waals surface area contributed by atoms with Crippen molar-refractivity contribution in [1.29, 1.82) is 0 Å². The molecule has 126 valence electrons. The number of hydrogen-bond donors (Lipinski definition) is 1. The van der Waals surface area contributed by atoms with Crippen LogP contribution in [0.2, 0.25) is 5.02 Å². The molecule has 1 amide bonds. The van der Waals surface area contributed by atoms with Crippen molar-refractivity contribution < 1.29 is 18.7 Å². The van der Waals surface area contributed by atoms with Gasteiger partial charge in [-0.05, 0) is 42.0 Å². The first kappa shape index (κ1) is 18.4. The van der Waals surface area contributed by atoms with Crippen LogP contribution in [0.3, 0.4) is 0 Å². The number of esters is 1. The van der Waals surface area contributed by atoms with E-state index in [1.807, 2.05) is 0 Å². The molecule has 1 N–H and O–H groups in total. The molecule has 0 bridgehead atoms. The first-order valence-corrected chi connectivity index (χ1v) is 8.16. The van der Waals surface area contributed by atoms with E-state index in [0.717, 1.165) is 16.1 Å². The van der Waals surface area contributed by atoms with Crippen LogP contribution in [0.25, 0.3) is 0 Å². The normalized spacial score (nSPS) is 11.7. The molecule has 0 aliphatic heterocycles. The molecule has 0 heterocycles. The monoisotopic (exact) mass is 413 g/mol. The molecule has 4 nitrogen and oxygen atoms in total. The molecule has 0 aliphatic carbocycles. The summed E-state index contributed by atoms with van der Waals surface area (Å²) in [6, 6.07) is 9.42. The van der Waals surface area contributed by atoms with Gasteiger partial charge in [-0.2, -0.15) is 0 Å². The Morgan fingerprint density at radius 1 is 1.29 bits per heavy atom. The summed E-state index contributed by atoms with van der Waals surface area (Å²) in [7, 11) is 1.23. The van der Waals surface area contributed by atoms with Gasteiger partial charge in [0, 0.05) is 21.5 Å². The van der Waals surface area contributed by atoms with Crippen LogP contribution in [0, 0.1) is 5.82 Å². The SMILES string of the molecule is COC(=O)[C@H](Cc1cc(Cl)ccc1Br)NC(=O)c1cccc(F)c1. The largest absolute Gasteiger partial charge is 0.467 e. The highest BCUT2D eigenvalue weighted by Crippen LogP contribution is 2.22. The molecule has 0 aromatic heterocycles. The molecule has 0 aliphatic rings. The zero-order chi connectivity index (χ0) is 17.7. The molecular formula is C17H14BrClFNO3. The lowest BCUT2D eigenvalue weighted by Crippen LogP contribution is -2.43. The minimum absolute atomic E-state index is 0.120. The molecule has 7 heteroatoms. The first-order chi connectivity index (χ1) is 11.4. The Balaban J connectivity index is 2.21. The van der Waals surface area contributed by atoms with E-state index in [0.29, 0.717) is 5.02 Å². The Kier molecular flexibility index (Phi) is 6.34. The molecule has 24 heavy (non-hydrogen) atoms. The number of methoxy groups -OCH3 is 1. The molecule has 0 fully saturated rings. The van der Waals surface area contributed by atoms with Crippen molar-refractivity contribution >= 4 is 39.4 Å². The summed E-state index contributed by atoms with van der Waals surface area (Å²) >= 11 is 9.34. The number of amides is 1. The van der Waals surface area contributed by atoms with Crippen LogP contribution in [-0.4, -0.2) is 25.0 Å². The molecule has 1 atom stereocenters. The number of ether oxygens (including phenoxy) is 1. The van der Waals surface area contributed by atoms with Crippen LogP contribution in [0.4, 0.5) is 4.39 Å². The summed E-state index contributed by atoms with van der Waals surface area (Å²) in [5.74, 6) is -1.70. The van der Waals surface area contributed by atoms with Crippen LogP contribution < -0.4 is 5.32 Å². The summed E-state index contributed by atoms with van der Waals surface area (Å²) in [4.78, 5) is 24.2. The summed E-state index contributed by atoms with van der Waals surface area (Å²) in [5.41, 5.74) is 0.853. The Morgan fingerprint density at radius 3 is 2.71 bits per heavy atom. The number of carbonyl (C=O) groups excluding carboxylic acids is 2. The van der Waals surface area contributed by atoms with Gasteiger partial charge in [-0.3, -0.25) is 4.79 Å². The number of benzene rings is 2. The van der Waals surface area contributed by atoms with E-state index in [1.165, 1.54) is 25.3 Å². The molecule has 2 aromatic carbocycles. The number of halogens is 3. The Bertz CT molecular complexity index is 769. The average molecular weight is 415 g/mol. The minimum Gasteiger partial charge on any atom is -0.467 e. The highest BCUT2D eigenvalue weighted by atomic mass is 79.9. The third kappa shape index (κ3) is 4.79. The van der Waals surface area contributed by atoms with E-state index in [1.54, 1.807) is 18.2 Å². The van der Waals surface area contributed by atoms with Crippen molar-refractivity contribution in [2.24, 2.45) is 0 Å². The number of rotatable bonds is 5. The number of hydrogen-bond acceptors (Lipinski definition) is 3. The predicted molar refractivity (Wildman–Crippen MR) is 92.5 cm³/mol. The van der Waals surface area contributed by atoms with E-state index >= 15 is 0 Å². The maximum absolute atomic E-state index is 13.2. The van der Waals surface area contributed by atoms with Crippen molar-refractivity contribution in [3.8, 4) is 0 Å². The Hall–Kier alpha value is -1.92. The number of nitrogens with one attached hydrogen (secondary N) is 1. The average Bonchev–Trinajstić information content (AvgIpc) is 2.56. The van der Waals surface area contributed by atoms with Crippen LogP contribution in [0.1, 0.15) is 15.9 Å². The third-order valence-electron chi connectivity index (χ3n) is 3.31. The topological polar surface area (TPSA) is 55.4 Å². The summed E-state index contributed by atoms with van der Waals surface area (Å²) in [5, 5.41) is 3.07. The van der Waals surface area contributed by atoms with Crippen LogP contribution in [0.5, 0.6) is 0 Å². The summed E-state index contributed by atoms with van der Waals surface area (Å²) in [6.07, 6.45) is 0.175. The van der Waals surface area contributed by atoms with Gasteiger partial charge in [-0.25, -0.2) is 9.18 Å². The molecular weight excluding hydrogens is 401 g/mol. The molecule has 2 aromatic rings. The van der Waals surface area contributed by atoms with Gasteiger partial charge < -0.3 is 10.1 Å². The van der Waals surface area contributed by atoms with Gasteiger partial charge in [0.15, 0.2) is 0 Å². The molecule has 0 saturated heterocycles. The maximum atomic E-state index is 13.2. The van der Waals surface area contributed by atoms with Crippen molar-refractivity contribution in [1.82, 2.24) is 5.32 Å². The fourth-order valence-electron chi connectivity index (χ4n) is 2.13. The second-order valence-electron chi connectivity index (χ2n) is 5.00. The Labute approximate surface area is 152 Å². The lowest BCUT2D eigenvalue weighted by Gasteiger charge is -2.17. The summed E-state index contributed by atoms with van der Waals surface area (Å²) in [6.45, 7) is 0. The smallest absolute Gasteiger partial charge is 0.328 e. The maximum Gasteiger partial charge on any atom is 0.328 e. The van der Waals surface area contributed by atoms with Crippen molar-refractivity contribution in [2.75, 3.05) is 7.11 Å². The van der Waals surface area contributed by atoms with Gasteiger partial charge in [-0.1, -0.05) is 33.6 Å². The van der Waals surface area contributed by atoms with E-state index in [2.05, 4.69) is 21.2 Å². The zero-order valence-electron chi connectivity index (χ0n) is 12.7. The van der Waals surface area contributed by atoms with Crippen LogP contribution >= 0.6 is 27.5 Å². The third-order valence-corrected chi connectivity index (χ3v) is 4.32. The molecule has 2 rings (SSSR count). The van der Waals surface area contributed by atoms with E-state index in [4.69, 9.17) is 16.3 Å². The molecule has 0 unspecified atom stereocenters. The van der Waals surface area contributed by atoms with Gasteiger partial charge in [0.25, 0.3) is 5.91 Å². The molecule has 0 saturated carbocycles. The van der Waals surface area contributed by atoms with Crippen molar-refractivity contribution in [3.63, 3.8) is 0 Å². The quantitative estimate of drug-likeness (QED) is 0.758. The first-order valence-electron chi connectivity index (χ1n) is 6.99. The van der Waals surface area contributed by atoms with Gasteiger partial charge in [0.05, 0.1) is 7.11 Å². The van der Waals surface area contributed by atoms with E-state index in [-0.39, 0.29) is 12.0 Å². The standard InChI is InChI=1S/C17H14BrClFNO3/c1-24-17(23)15(9-11-7-12(19)5-6-14(11)18)21-16(22)10-3-2-4-13(20)8-10/h2-8,15H,9H2,1H3,(H,21,22)/t15-/m0/s1. The lowest BCUT2D eigenvalue weighted by molar-refractivity contribution is -0.142. The van der Waals surface area contributed by atoms with Crippen LogP contribution in [-0.2, 0) is 16.0 Å². The van der Waals surface area contributed by atoms with Gasteiger partial charge in [0.2, 0.25) is 0 Å². The summed E-state index contributed by atoms with van der Waals surface area (Å²) < 4.78 is 18.7. The van der Waals surface area contributed by atoms with Crippen molar-refractivity contribution in [2.45, 2.75) is 12.5 Å².